The van der Waals surface area contributed by atoms with Crippen molar-refractivity contribution in [2.24, 2.45) is 23.7 Å². The zero-order chi connectivity index (χ0) is 27.5. The Balaban J connectivity index is 2.69. The first kappa shape index (κ1) is 32.8. The lowest BCUT2D eigenvalue weighted by atomic mass is 9.74. The summed E-state index contributed by atoms with van der Waals surface area (Å²) in [6, 6.07) is 3.71. The van der Waals surface area contributed by atoms with E-state index in [9.17, 15) is 10.2 Å². The smallest absolute Gasteiger partial charge is 0.119 e. The minimum Gasteiger partial charge on any atom is -0.508 e. The van der Waals surface area contributed by atoms with Crippen molar-refractivity contribution in [3.63, 3.8) is 0 Å². The van der Waals surface area contributed by atoms with Crippen molar-refractivity contribution in [1.82, 2.24) is 0 Å². The zero-order valence-corrected chi connectivity index (χ0v) is 25.8. The summed E-state index contributed by atoms with van der Waals surface area (Å²) in [5.74, 6) is 3.77. The number of phenols is 2. The van der Waals surface area contributed by atoms with Crippen LogP contribution < -0.4 is 0 Å². The van der Waals surface area contributed by atoms with Crippen molar-refractivity contribution in [2.75, 3.05) is 0 Å². The zero-order valence-electron chi connectivity index (χ0n) is 25.8. The Morgan fingerprint density at radius 1 is 0.528 bits per heavy atom. The van der Waals surface area contributed by atoms with E-state index in [0.717, 1.165) is 60.5 Å². The van der Waals surface area contributed by atoms with Gasteiger partial charge in [-0.3, -0.25) is 0 Å². The lowest BCUT2D eigenvalue weighted by molar-refractivity contribution is 0.360. The number of hydrogen-bond acceptors (Lipinski definition) is 2. The fourth-order valence-electron chi connectivity index (χ4n) is 5.75. The maximum absolute atomic E-state index is 11.0. The van der Waals surface area contributed by atoms with Crippen LogP contribution in [-0.2, 0) is 10.8 Å². The molecule has 36 heavy (non-hydrogen) atoms. The van der Waals surface area contributed by atoms with Crippen LogP contribution in [0, 0.1) is 23.7 Å². The molecule has 0 spiro atoms. The molecule has 0 saturated heterocycles. The Kier molecular flexibility index (Phi) is 13.9. The van der Waals surface area contributed by atoms with E-state index < -0.39 is 0 Å². The third-order valence-electron chi connectivity index (χ3n) is 8.53. The van der Waals surface area contributed by atoms with E-state index in [1.165, 1.54) is 51.4 Å². The topological polar surface area (TPSA) is 40.5 Å². The first-order valence-electron chi connectivity index (χ1n) is 15.2. The molecule has 1 aromatic rings. The van der Waals surface area contributed by atoms with E-state index in [1.807, 2.05) is 12.1 Å². The number of phenolic OH excluding ortho intramolecular Hbond substituents is 2. The van der Waals surface area contributed by atoms with Gasteiger partial charge in [-0.05, 0) is 59.5 Å². The third-order valence-corrected chi connectivity index (χ3v) is 8.53. The van der Waals surface area contributed by atoms with Gasteiger partial charge in [0.05, 0.1) is 0 Å². The molecule has 210 valence electrons. The fourth-order valence-corrected chi connectivity index (χ4v) is 5.75. The first-order chi connectivity index (χ1) is 16.7. The highest BCUT2D eigenvalue weighted by atomic mass is 16.3. The monoisotopic (exact) mass is 502 g/mol. The lowest BCUT2D eigenvalue weighted by Crippen LogP contribution is -2.21. The number of rotatable bonds is 18. The van der Waals surface area contributed by atoms with Gasteiger partial charge in [-0.15, -0.1) is 0 Å². The van der Waals surface area contributed by atoms with Gasteiger partial charge in [-0.1, -0.05) is 133 Å². The molecule has 0 bridgehead atoms. The SMILES string of the molecule is CC(C)CCCC(C)CCCC(C)(C)c1cc(O)c(C(C)(C)CCCC(C)CCCC(C)C)cc1O. The van der Waals surface area contributed by atoms with Crippen LogP contribution in [0.4, 0.5) is 0 Å². The highest BCUT2D eigenvalue weighted by Crippen LogP contribution is 2.44. The highest BCUT2D eigenvalue weighted by Gasteiger charge is 2.30. The van der Waals surface area contributed by atoms with Gasteiger partial charge in [0.15, 0.2) is 0 Å². The van der Waals surface area contributed by atoms with E-state index >= 15 is 0 Å². The first-order valence-corrected chi connectivity index (χ1v) is 15.2. The molecular weight excluding hydrogens is 440 g/mol. The molecule has 1 rings (SSSR count). The molecule has 0 amide bonds. The van der Waals surface area contributed by atoms with Gasteiger partial charge in [-0.2, -0.15) is 0 Å². The van der Waals surface area contributed by atoms with Crippen LogP contribution in [0.2, 0.25) is 0 Å². The average molecular weight is 503 g/mol. The minimum atomic E-state index is -0.159. The summed E-state index contributed by atoms with van der Waals surface area (Å²) in [5, 5.41) is 22.1. The van der Waals surface area contributed by atoms with Gasteiger partial charge in [-0.25, -0.2) is 0 Å². The molecule has 0 aliphatic rings. The van der Waals surface area contributed by atoms with E-state index in [1.54, 1.807) is 0 Å². The molecule has 2 unspecified atom stereocenters. The second-order valence-corrected chi connectivity index (χ2v) is 14.3. The predicted molar refractivity (Wildman–Crippen MR) is 159 cm³/mol. The van der Waals surface area contributed by atoms with E-state index in [-0.39, 0.29) is 10.8 Å². The number of hydrogen-bond donors (Lipinski definition) is 2. The number of aromatic hydroxyl groups is 2. The molecule has 0 aliphatic carbocycles. The normalized spacial score (nSPS) is 14.6. The standard InChI is InChI=1S/C34H62O2/c1-25(2)15-11-17-27(5)19-13-21-33(7,8)29-23-32(36)30(24-31(29)35)34(9,10)22-14-20-28(6)18-12-16-26(3)4/h23-28,35-36H,11-22H2,1-10H3. The lowest BCUT2D eigenvalue weighted by Gasteiger charge is -2.31. The summed E-state index contributed by atoms with van der Waals surface area (Å²) in [4.78, 5) is 0. The Hall–Kier alpha value is -1.18. The molecule has 2 N–H and O–H groups in total. The van der Waals surface area contributed by atoms with Crippen molar-refractivity contribution < 1.29 is 10.2 Å². The highest BCUT2D eigenvalue weighted by molar-refractivity contribution is 5.50. The van der Waals surface area contributed by atoms with Crippen molar-refractivity contribution in [2.45, 2.75) is 157 Å². The Labute approximate surface area is 225 Å². The van der Waals surface area contributed by atoms with Crippen molar-refractivity contribution in [1.29, 1.82) is 0 Å². The molecular formula is C34H62O2. The molecule has 0 fully saturated rings. The fraction of sp³-hybridized carbons (Fsp3) is 0.824. The van der Waals surface area contributed by atoms with Gasteiger partial charge < -0.3 is 10.2 Å². The minimum absolute atomic E-state index is 0.159. The van der Waals surface area contributed by atoms with Gasteiger partial charge in [0.25, 0.3) is 0 Å². The van der Waals surface area contributed by atoms with Gasteiger partial charge in [0.2, 0.25) is 0 Å². The van der Waals surface area contributed by atoms with Crippen LogP contribution in [0.1, 0.15) is 157 Å². The Morgan fingerprint density at radius 2 is 0.833 bits per heavy atom. The molecule has 0 radical (unpaired) electrons. The molecule has 0 saturated carbocycles. The molecule has 0 aromatic heterocycles. The summed E-state index contributed by atoms with van der Waals surface area (Å²) in [6.45, 7) is 22.8. The Bertz CT molecular complexity index is 680. The van der Waals surface area contributed by atoms with E-state index in [4.69, 9.17) is 0 Å². The van der Waals surface area contributed by atoms with Gasteiger partial charge in [0.1, 0.15) is 11.5 Å². The van der Waals surface area contributed by atoms with Crippen LogP contribution in [-0.4, -0.2) is 10.2 Å². The third kappa shape index (κ3) is 11.9. The molecule has 2 heteroatoms. The maximum atomic E-state index is 11.0. The van der Waals surface area contributed by atoms with Crippen LogP contribution in [0.5, 0.6) is 11.5 Å². The quantitative estimate of drug-likeness (QED) is 0.196. The maximum Gasteiger partial charge on any atom is 0.119 e. The summed E-state index contributed by atoms with van der Waals surface area (Å²) < 4.78 is 0. The average Bonchev–Trinajstić information content (AvgIpc) is 2.74. The summed E-state index contributed by atoms with van der Waals surface area (Å²) >= 11 is 0. The molecule has 0 heterocycles. The summed E-state index contributed by atoms with van der Waals surface area (Å²) in [6.07, 6.45) is 14.7. The molecule has 2 atom stereocenters. The Morgan fingerprint density at radius 3 is 1.14 bits per heavy atom. The van der Waals surface area contributed by atoms with Crippen LogP contribution in [0.3, 0.4) is 0 Å². The van der Waals surface area contributed by atoms with Crippen molar-refractivity contribution >= 4 is 0 Å². The van der Waals surface area contributed by atoms with Crippen LogP contribution >= 0.6 is 0 Å². The van der Waals surface area contributed by atoms with Gasteiger partial charge in [0, 0.05) is 11.1 Å². The summed E-state index contributed by atoms with van der Waals surface area (Å²) in [5.41, 5.74) is 1.44. The van der Waals surface area contributed by atoms with Crippen molar-refractivity contribution in [3.05, 3.63) is 23.3 Å². The molecule has 1 aromatic carbocycles. The summed E-state index contributed by atoms with van der Waals surface area (Å²) in [7, 11) is 0. The van der Waals surface area contributed by atoms with Crippen LogP contribution in [0.15, 0.2) is 12.1 Å². The second kappa shape index (κ2) is 15.3. The van der Waals surface area contributed by atoms with Crippen molar-refractivity contribution in [3.8, 4) is 11.5 Å². The predicted octanol–water partition coefficient (Wildman–Crippen LogP) is 10.9. The number of benzene rings is 1. The molecule has 0 aliphatic heterocycles. The van der Waals surface area contributed by atoms with E-state index in [2.05, 4.69) is 69.2 Å². The van der Waals surface area contributed by atoms with Gasteiger partial charge >= 0.3 is 0 Å². The van der Waals surface area contributed by atoms with Crippen LogP contribution in [0.25, 0.3) is 0 Å². The molecule has 2 nitrogen and oxygen atoms in total. The largest absolute Gasteiger partial charge is 0.508 e. The second-order valence-electron chi connectivity index (χ2n) is 14.3. The van der Waals surface area contributed by atoms with E-state index in [0.29, 0.717) is 11.5 Å².